The highest BCUT2D eigenvalue weighted by Gasteiger charge is 2.20. The minimum absolute atomic E-state index is 0.369. The monoisotopic (exact) mass is 379 g/mol. The van der Waals surface area contributed by atoms with E-state index in [1.165, 1.54) is 0 Å². The molecule has 0 saturated heterocycles. The second kappa shape index (κ2) is 8.07. The fourth-order valence-electron chi connectivity index (χ4n) is 3.52. The topological polar surface area (TPSA) is 68.9 Å². The number of aryl methyl sites for hydroxylation is 1. The zero-order chi connectivity index (χ0) is 20.2. The average molecular weight is 379 g/mol. The van der Waals surface area contributed by atoms with Crippen molar-refractivity contribution >= 4 is 5.91 Å². The molecule has 142 valence electrons. The number of rotatable bonds is 5. The van der Waals surface area contributed by atoms with E-state index < -0.39 is 5.92 Å². The van der Waals surface area contributed by atoms with Crippen LogP contribution in [0.5, 0.6) is 0 Å². The highest BCUT2D eigenvalue weighted by Crippen LogP contribution is 2.29. The third-order valence-electron chi connectivity index (χ3n) is 5.00. The minimum Gasteiger partial charge on any atom is -0.369 e. The van der Waals surface area contributed by atoms with E-state index in [2.05, 4.69) is 9.97 Å². The molecule has 1 atom stereocenters. The lowest BCUT2D eigenvalue weighted by Crippen LogP contribution is -2.22. The SMILES string of the molecule is Cc1cc(-c2ccc(C(C(N)=O)c3ccc(-c4cccnc4)cc3)cc2)ccn1. The van der Waals surface area contributed by atoms with Crippen molar-refractivity contribution in [1.82, 2.24) is 9.97 Å². The van der Waals surface area contributed by atoms with Gasteiger partial charge in [0.1, 0.15) is 0 Å². The molecule has 2 N–H and O–H groups in total. The molecule has 0 spiro atoms. The van der Waals surface area contributed by atoms with Crippen molar-refractivity contribution in [3.63, 3.8) is 0 Å². The van der Waals surface area contributed by atoms with E-state index in [9.17, 15) is 4.79 Å². The van der Waals surface area contributed by atoms with Crippen LogP contribution < -0.4 is 5.73 Å². The average Bonchev–Trinajstić information content (AvgIpc) is 2.75. The van der Waals surface area contributed by atoms with Gasteiger partial charge in [0.15, 0.2) is 0 Å². The molecule has 0 bridgehead atoms. The van der Waals surface area contributed by atoms with Gasteiger partial charge < -0.3 is 5.73 Å². The summed E-state index contributed by atoms with van der Waals surface area (Å²) < 4.78 is 0. The van der Waals surface area contributed by atoms with Gasteiger partial charge in [-0.15, -0.1) is 0 Å². The third kappa shape index (κ3) is 4.06. The Bertz CT molecular complexity index is 1120. The summed E-state index contributed by atoms with van der Waals surface area (Å²) in [4.78, 5) is 20.7. The molecule has 0 aliphatic carbocycles. The summed E-state index contributed by atoms with van der Waals surface area (Å²) in [5.74, 6) is -0.863. The molecule has 2 heterocycles. The Labute approximate surface area is 170 Å². The van der Waals surface area contributed by atoms with Crippen LogP contribution in [0.25, 0.3) is 22.3 Å². The Morgan fingerprint density at radius 3 is 1.93 bits per heavy atom. The van der Waals surface area contributed by atoms with Crippen molar-refractivity contribution in [3.8, 4) is 22.3 Å². The summed E-state index contributed by atoms with van der Waals surface area (Å²) in [6.45, 7) is 1.97. The van der Waals surface area contributed by atoms with Crippen LogP contribution >= 0.6 is 0 Å². The summed E-state index contributed by atoms with van der Waals surface area (Å²) in [5, 5.41) is 0. The molecule has 4 rings (SSSR count). The van der Waals surface area contributed by atoms with Crippen molar-refractivity contribution in [2.75, 3.05) is 0 Å². The zero-order valence-corrected chi connectivity index (χ0v) is 16.1. The first-order valence-corrected chi connectivity index (χ1v) is 9.44. The molecule has 0 aliphatic rings. The first kappa shape index (κ1) is 18.6. The molecule has 1 unspecified atom stereocenters. The number of hydrogen-bond acceptors (Lipinski definition) is 3. The number of carbonyl (C=O) groups is 1. The molecule has 1 amide bonds. The third-order valence-corrected chi connectivity index (χ3v) is 5.00. The lowest BCUT2D eigenvalue weighted by Gasteiger charge is -2.16. The Morgan fingerprint density at radius 2 is 1.41 bits per heavy atom. The second-order valence-corrected chi connectivity index (χ2v) is 7.01. The maximum Gasteiger partial charge on any atom is 0.229 e. The smallest absolute Gasteiger partial charge is 0.229 e. The maximum absolute atomic E-state index is 12.3. The van der Waals surface area contributed by atoms with Crippen LogP contribution in [-0.4, -0.2) is 15.9 Å². The number of pyridine rings is 2. The molecule has 2 aromatic carbocycles. The number of carbonyl (C=O) groups excluding carboxylic acids is 1. The molecule has 4 nitrogen and oxygen atoms in total. The molecular weight excluding hydrogens is 358 g/mol. The number of nitrogens with zero attached hydrogens (tertiary/aromatic N) is 2. The quantitative estimate of drug-likeness (QED) is 0.545. The fraction of sp³-hybridized carbons (Fsp3) is 0.0800. The summed E-state index contributed by atoms with van der Waals surface area (Å²) >= 11 is 0. The van der Waals surface area contributed by atoms with Crippen LogP contribution in [0.3, 0.4) is 0 Å². The molecule has 4 aromatic rings. The van der Waals surface area contributed by atoms with Crippen LogP contribution in [0.4, 0.5) is 0 Å². The van der Waals surface area contributed by atoms with Crippen molar-refractivity contribution in [2.24, 2.45) is 5.73 Å². The number of nitrogens with two attached hydrogens (primary N) is 1. The van der Waals surface area contributed by atoms with Gasteiger partial charge in [-0.05, 0) is 58.5 Å². The molecular formula is C25H21N3O. The molecule has 0 aliphatic heterocycles. The molecule has 0 saturated carbocycles. The van der Waals surface area contributed by atoms with Crippen molar-refractivity contribution < 1.29 is 4.79 Å². The number of aromatic nitrogens is 2. The number of primary amides is 1. The van der Waals surface area contributed by atoms with Gasteiger partial charge in [0, 0.05) is 24.3 Å². The standard InChI is InChI=1S/C25H21N3O/c1-17-15-22(12-14-28-17)18-4-8-20(9-5-18)24(25(26)29)21-10-6-19(7-11-21)23-3-2-13-27-16-23/h2-16,24H,1H3,(H2,26,29). The van der Waals surface area contributed by atoms with Crippen molar-refractivity contribution in [1.29, 1.82) is 0 Å². The lowest BCUT2D eigenvalue weighted by molar-refractivity contribution is -0.118. The van der Waals surface area contributed by atoms with E-state index >= 15 is 0 Å². The Hall–Kier alpha value is -3.79. The number of hydrogen-bond donors (Lipinski definition) is 1. The predicted molar refractivity (Wildman–Crippen MR) is 115 cm³/mol. The molecule has 2 aromatic heterocycles. The predicted octanol–water partition coefficient (Wildman–Crippen LogP) is 4.74. The van der Waals surface area contributed by atoms with E-state index in [0.717, 1.165) is 39.1 Å². The van der Waals surface area contributed by atoms with E-state index in [-0.39, 0.29) is 5.91 Å². The van der Waals surface area contributed by atoms with Crippen LogP contribution in [0.15, 0.2) is 91.4 Å². The normalized spacial score (nSPS) is 11.8. The van der Waals surface area contributed by atoms with Crippen LogP contribution in [0.2, 0.25) is 0 Å². The van der Waals surface area contributed by atoms with E-state index in [4.69, 9.17) is 5.73 Å². The molecule has 4 heteroatoms. The highest BCUT2D eigenvalue weighted by molar-refractivity contribution is 5.86. The fourth-order valence-corrected chi connectivity index (χ4v) is 3.52. The number of amides is 1. The summed E-state index contributed by atoms with van der Waals surface area (Å²) in [7, 11) is 0. The molecule has 29 heavy (non-hydrogen) atoms. The van der Waals surface area contributed by atoms with E-state index in [1.807, 2.05) is 85.9 Å². The first-order chi connectivity index (χ1) is 14.1. The summed E-state index contributed by atoms with van der Waals surface area (Å²) in [5.41, 5.74) is 12.7. The van der Waals surface area contributed by atoms with Crippen LogP contribution in [0, 0.1) is 6.92 Å². The van der Waals surface area contributed by atoms with Crippen LogP contribution in [0.1, 0.15) is 22.7 Å². The lowest BCUT2D eigenvalue weighted by atomic mass is 9.89. The van der Waals surface area contributed by atoms with Gasteiger partial charge in [-0.1, -0.05) is 54.6 Å². The first-order valence-electron chi connectivity index (χ1n) is 9.44. The Balaban J connectivity index is 1.63. The molecule has 0 radical (unpaired) electrons. The largest absolute Gasteiger partial charge is 0.369 e. The van der Waals surface area contributed by atoms with E-state index in [0.29, 0.717) is 0 Å². The molecule has 0 fully saturated rings. The maximum atomic E-state index is 12.3. The van der Waals surface area contributed by atoms with Crippen LogP contribution in [-0.2, 0) is 4.79 Å². The minimum atomic E-state index is -0.494. The van der Waals surface area contributed by atoms with Crippen molar-refractivity contribution in [2.45, 2.75) is 12.8 Å². The van der Waals surface area contributed by atoms with E-state index in [1.54, 1.807) is 12.4 Å². The Morgan fingerprint density at radius 1 is 0.793 bits per heavy atom. The second-order valence-electron chi connectivity index (χ2n) is 7.01. The van der Waals surface area contributed by atoms with Gasteiger partial charge >= 0.3 is 0 Å². The van der Waals surface area contributed by atoms with Gasteiger partial charge in [0.2, 0.25) is 5.91 Å². The zero-order valence-electron chi connectivity index (χ0n) is 16.1. The number of benzene rings is 2. The van der Waals surface area contributed by atoms with Gasteiger partial charge in [-0.25, -0.2) is 0 Å². The summed E-state index contributed by atoms with van der Waals surface area (Å²) in [6.07, 6.45) is 5.37. The van der Waals surface area contributed by atoms with Crippen molar-refractivity contribution in [3.05, 3.63) is 108 Å². The van der Waals surface area contributed by atoms with Gasteiger partial charge in [0.25, 0.3) is 0 Å². The van der Waals surface area contributed by atoms with Gasteiger partial charge in [-0.3, -0.25) is 14.8 Å². The highest BCUT2D eigenvalue weighted by atomic mass is 16.1. The summed E-state index contributed by atoms with van der Waals surface area (Å²) in [6, 6.07) is 23.8. The Kier molecular flexibility index (Phi) is 5.16. The van der Waals surface area contributed by atoms with Gasteiger partial charge in [0.05, 0.1) is 5.92 Å². The van der Waals surface area contributed by atoms with Gasteiger partial charge in [-0.2, -0.15) is 0 Å².